The van der Waals surface area contributed by atoms with Crippen molar-refractivity contribution < 1.29 is 9.90 Å². The highest BCUT2D eigenvalue weighted by Gasteiger charge is 2.16. The van der Waals surface area contributed by atoms with Gasteiger partial charge in [0.05, 0.1) is 11.7 Å². The van der Waals surface area contributed by atoms with Crippen LogP contribution in [0.5, 0.6) is 0 Å². The van der Waals surface area contributed by atoms with Crippen LogP contribution >= 0.6 is 0 Å². The highest BCUT2D eigenvalue weighted by molar-refractivity contribution is 5.98. The molecule has 1 amide bonds. The van der Waals surface area contributed by atoms with E-state index in [9.17, 15) is 9.90 Å². The van der Waals surface area contributed by atoms with Crippen molar-refractivity contribution in [2.24, 2.45) is 0 Å². The Morgan fingerprint density at radius 3 is 3.19 bits per heavy atom. The highest BCUT2D eigenvalue weighted by Crippen LogP contribution is 2.12. The van der Waals surface area contributed by atoms with Crippen LogP contribution in [0.2, 0.25) is 0 Å². The van der Waals surface area contributed by atoms with Crippen molar-refractivity contribution in [1.29, 1.82) is 0 Å². The topological polar surface area (TPSA) is 77.5 Å². The Labute approximate surface area is 125 Å². The van der Waals surface area contributed by atoms with Gasteiger partial charge in [-0.25, -0.2) is 4.98 Å². The van der Waals surface area contributed by atoms with Crippen LogP contribution in [0.3, 0.4) is 0 Å². The fraction of sp³-hybridized carbons (Fsp3) is 0.600. The molecule has 0 saturated carbocycles. The van der Waals surface area contributed by atoms with Crippen molar-refractivity contribution >= 4 is 11.7 Å². The van der Waals surface area contributed by atoms with E-state index in [1.54, 1.807) is 25.4 Å². The number of rotatable bonds is 6. The number of aliphatic hydroxyl groups is 1. The van der Waals surface area contributed by atoms with Gasteiger partial charge in [0.25, 0.3) is 5.91 Å². The summed E-state index contributed by atoms with van der Waals surface area (Å²) in [5.41, 5.74) is 0.563. The quantitative estimate of drug-likeness (QED) is 0.673. The molecule has 21 heavy (non-hydrogen) atoms. The molecule has 1 aromatic rings. The lowest BCUT2D eigenvalue weighted by Gasteiger charge is -2.29. The van der Waals surface area contributed by atoms with Crippen molar-refractivity contribution in [3.8, 4) is 0 Å². The Morgan fingerprint density at radius 2 is 2.43 bits per heavy atom. The number of hydrogen-bond donors (Lipinski definition) is 3. The second-order valence-corrected chi connectivity index (χ2v) is 5.36. The molecule has 0 radical (unpaired) electrons. The average molecular weight is 292 g/mol. The molecule has 2 rings (SSSR count). The van der Waals surface area contributed by atoms with Gasteiger partial charge < -0.3 is 20.6 Å². The monoisotopic (exact) mass is 292 g/mol. The summed E-state index contributed by atoms with van der Waals surface area (Å²) in [5, 5.41) is 15.5. The SMILES string of the molecule is CNC(=O)c1cccnc1NCCCN1CCCC(O)C1. The third kappa shape index (κ3) is 4.68. The molecule has 1 aliphatic heterocycles. The molecule has 1 fully saturated rings. The van der Waals surface area contributed by atoms with Crippen molar-refractivity contribution in [3.63, 3.8) is 0 Å². The fourth-order valence-corrected chi connectivity index (χ4v) is 2.61. The van der Waals surface area contributed by atoms with E-state index in [1.807, 2.05) is 0 Å². The molecule has 0 bridgehead atoms. The second-order valence-electron chi connectivity index (χ2n) is 5.36. The summed E-state index contributed by atoms with van der Waals surface area (Å²) in [4.78, 5) is 18.2. The van der Waals surface area contributed by atoms with Crippen molar-refractivity contribution in [3.05, 3.63) is 23.9 Å². The largest absolute Gasteiger partial charge is 0.392 e. The number of carbonyl (C=O) groups excluding carboxylic acids is 1. The van der Waals surface area contributed by atoms with E-state index in [1.165, 1.54) is 0 Å². The van der Waals surface area contributed by atoms with Crippen LogP contribution in [0.25, 0.3) is 0 Å². The van der Waals surface area contributed by atoms with Crippen molar-refractivity contribution in [2.45, 2.75) is 25.4 Å². The molecule has 116 valence electrons. The van der Waals surface area contributed by atoms with Crippen LogP contribution in [0.1, 0.15) is 29.6 Å². The molecule has 1 unspecified atom stereocenters. The van der Waals surface area contributed by atoms with Gasteiger partial charge in [-0.2, -0.15) is 0 Å². The second kappa shape index (κ2) is 7.95. The maximum absolute atomic E-state index is 11.7. The first kappa shape index (κ1) is 15.7. The van der Waals surface area contributed by atoms with Crippen LogP contribution in [-0.4, -0.2) is 60.2 Å². The molecule has 0 aliphatic carbocycles. The number of aliphatic hydroxyl groups excluding tert-OH is 1. The highest BCUT2D eigenvalue weighted by atomic mass is 16.3. The van der Waals surface area contributed by atoms with Crippen LogP contribution in [0.4, 0.5) is 5.82 Å². The number of anilines is 1. The zero-order valence-corrected chi connectivity index (χ0v) is 12.5. The first-order valence-corrected chi connectivity index (χ1v) is 7.52. The van der Waals surface area contributed by atoms with Gasteiger partial charge in [0.2, 0.25) is 0 Å². The maximum atomic E-state index is 11.7. The predicted molar refractivity (Wildman–Crippen MR) is 82.4 cm³/mol. The molecule has 1 aromatic heterocycles. The number of nitrogens with one attached hydrogen (secondary N) is 2. The van der Waals surface area contributed by atoms with Gasteiger partial charge >= 0.3 is 0 Å². The molecule has 0 aromatic carbocycles. The number of nitrogens with zero attached hydrogens (tertiary/aromatic N) is 2. The van der Waals surface area contributed by atoms with Gasteiger partial charge in [-0.1, -0.05) is 0 Å². The summed E-state index contributed by atoms with van der Waals surface area (Å²) in [7, 11) is 1.61. The van der Waals surface area contributed by atoms with Gasteiger partial charge in [0, 0.05) is 26.3 Å². The summed E-state index contributed by atoms with van der Waals surface area (Å²) >= 11 is 0. The number of pyridine rings is 1. The normalized spacial score (nSPS) is 19.2. The minimum Gasteiger partial charge on any atom is -0.392 e. The number of aromatic nitrogens is 1. The Bertz CT molecular complexity index is 467. The molecule has 0 spiro atoms. The first-order chi connectivity index (χ1) is 10.2. The van der Waals surface area contributed by atoms with Gasteiger partial charge in [0.15, 0.2) is 0 Å². The Balaban J connectivity index is 1.77. The van der Waals surface area contributed by atoms with Gasteiger partial charge in [0.1, 0.15) is 5.82 Å². The minimum absolute atomic E-state index is 0.134. The summed E-state index contributed by atoms with van der Waals surface area (Å²) in [5.74, 6) is 0.486. The Kier molecular flexibility index (Phi) is 5.95. The van der Waals surface area contributed by atoms with E-state index in [0.29, 0.717) is 11.4 Å². The molecule has 1 saturated heterocycles. The zero-order valence-electron chi connectivity index (χ0n) is 12.5. The molecule has 6 nitrogen and oxygen atoms in total. The molecule has 6 heteroatoms. The van der Waals surface area contributed by atoms with Crippen molar-refractivity contribution in [1.82, 2.24) is 15.2 Å². The minimum atomic E-state index is -0.178. The average Bonchev–Trinajstić information content (AvgIpc) is 2.51. The van der Waals surface area contributed by atoms with Crippen LogP contribution < -0.4 is 10.6 Å². The summed E-state index contributed by atoms with van der Waals surface area (Å²) < 4.78 is 0. The van der Waals surface area contributed by atoms with Gasteiger partial charge in [-0.15, -0.1) is 0 Å². The molecule has 2 heterocycles. The predicted octanol–water partition coefficient (Wildman–Crippen LogP) is 0.700. The number of amides is 1. The molecule has 1 atom stereocenters. The lowest BCUT2D eigenvalue weighted by atomic mass is 10.1. The van der Waals surface area contributed by atoms with Crippen LogP contribution in [0.15, 0.2) is 18.3 Å². The maximum Gasteiger partial charge on any atom is 0.254 e. The number of carbonyl (C=O) groups is 1. The third-order valence-corrected chi connectivity index (χ3v) is 3.70. The summed E-state index contributed by atoms with van der Waals surface area (Å²) in [6.45, 7) is 3.54. The number of piperidine rings is 1. The van der Waals surface area contributed by atoms with Crippen molar-refractivity contribution in [2.75, 3.05) is 38.5 Å². The van der Waals surface area contributed by atoms with Crippen LogP contribution in [-0.2, 0) is 0 Å². The number of likely N-dealkylation sites (tertiary alicyclic amines) is 1. The zero-order chi connectivity index (χ0) is 15.1. The number of β-amino-alcohol motifs (C(OH)–C–C–N with tert-alkyl or cyclic N) is 1. The van der Waals surface area contributed by atoms with E-state index in [2.05, 4.69) is 20.5 Å². The summed E-state index contributed by atoms with van der Waals surface area (Å²) in [6, 6.07) is 3.51. The molecule has 1 aliphatic rings. The van der Waals surface area contributed by atoms with E-state index < -0.39 is 0 Å². The smallest absolute Gasteiger partial charge is 0.254 e. The van der Waals surface area contributed by atoms with E-state index in [-0.39, 0.29) is 12.0 Å². The Hall–Kier alpha value is -1.66. The Morgan fingerprint density at radius 1 is 1.57 bits per heavy atom. The fourth-order valence-electron chi connectivity index (χ4n) is 2.61. The standard InChI is InChI=1S/C15H24N4O2/c1-16-15(21)13-6-2-7-17-14(13)18-8-4-10-19-9-3-5-12(20)11-19/h2,6-7,12,20H,3-5,8-11H2,1H3,(H,16,21)(H,17,18). The van der Waals surface area contributed by atoms with E-state index in [0.717, 1.165) is 45.4 Å². The van der Waals surface area contributed by atoms with E-state index in [4.69, 9.17) is 0 Å². The summed E-state index contributed by atoms with van der Waals surface area (Å²) in [6.07, 6.45) is 4.43. The van der Waals surface area contributed by atoms with Crippen LogP contribution in [0, 0.1) is 0 Å². The lowest BCUT2D eigenvalue weighted by molar-refractivity contribution is 0.0706. The molecular formula is C15H24N4O2. The number of hydrogen-bond acceptors (Lipinski definition) is 5. The van der Waals surface area contributed by atoms with Gasteiger partial charge in [-0.05, 0) is 44.5 Å². The lowest BCUT2D eigenvalue weighted by Crippen LogP contribution is -2.39. The third-order valence-electron chi connectivity index (χ3n) is 3.70. The first-order valence-electron chi connectivity index (χ1n) is 7.52. The van der Waals surface area contributed by atoms with Gasteiger partial charge in [-0.3, -0.25) is 4.79 Å². The molecule has 3 N–H and O–H groups in total. The molecular weight excluding hydrogens is 268 g/mol. The van der Waals surface area contributed by atoms with E-state index >= 15 is 0 Å².